The molecule has 1 aliphatic heterocycles. The van der Waals surface area contributed by atoms with E-state index in [-0.39, 0.29) is 5.91 Å². The van der Waals surface area contributed by atoms with Crippen molar-refractivity contribution in [3.05, 3.63) is 53.6 Å². The van der Waals surface area contributed by atoms with Crippen LogP contribution in [0.4, 0.5) is 5.69 Å². The molecule has 1 heterocycles. The van der Waals surface area contributed by atoms with Crippen LogP contribution >= 0.6 is 23.4 Å². The average molecular weight is 391 g/mol. The number of carbonyl (C=O) groups excluding carboxylic acids is 1. The summed E-state index contributed by atoms with van der Waals surface area (Å²) in [6.07, 6.45) is 0.967. The van der Waals surface area contributed by atoms with Crippen molar-refractivity contribution in [1.82, 2.24) is 4.90 Å². The van der Waals surface area contributed by atoms with E-state index in [9.17, 15) is 4.79 Å². The van der Waals surface area contributed by atoms with E-state index in [1.54, 1.807) is 7.11 Å². The van der Waals surface area contributed by atoms with Crippen LogP contribution in [0, 0.1) is 0 Å². The van der Waals surface area contributed by atoms with E-state index in [4.69, 9.17) is 16.3 Å². The lowest BCUT2D eigenvalue weighted by atomic mass is 10.2. The fourth-order valence-electron chi connectivity index (χ4n) is 3.01. The number of anilines is 1. The summed E-state index contributed by atoms with van der Waals surface area (Å²) in [6.45, 7) is 3.34. The van der Waals surface area contributed by atoms with Gasteiger partial charge in [0.15, 0.2) is 0 Å². The first kappa shape index (κ1) is 18.9. The maximum atomic E-state index is 12.6. The first-order chi connectivity index (χ1) is 12.7. The number of methoxy groups -OCH3 is 1. The maximum absolute atomic E-state index is 12.6. The minimum atomic E-state index is 0.173. The molecule has 1 fully saturated rings. The Kier molecular flexibility index (Phi) is 6.69. The van der Waals surface area contributed by atoms with Gasteiger partial charge in [-0.25, -0.2) is 0 Å². The van der Waals surface area contributed by atoms with Crippen LogP contribution in [0.15, 0.2) is 53.4 Å². The van der Waals surface area contributed by atoms with E-state index in [1.807, 2.05) is 41.3 Å². The molecule has 1 saturated heterocycles. The van der Waals surface area contributed by atoms with Gasteiger partial charge >= 0.3 is 0 Å². The van der Waals surface area contributed by atoms with Crippen LogP contribution in [0.5, 0.6) is 5.75 Å². The fourth-order valence-corrected chi connectivity index (χ4v) is 4.15. The van der Waals surface area contributed by atoms with E-state index < -0.39 is 0 Å². The summed E-state index contributed by atoms with van der Waals surface area (Å²) in [4.78, 5) is 17.8. The minimum Gasteiger partial charge on any atom is -0.497 e. The van der Waals surface area contributed by atoms with E-state index in [0.717, 1.165) is 43.2 Å². The molecule has 0 unspecified atom stereocenters. The summed E-state index contributed by atoms with van der Waals surface area (Å²) in [5.74, 6) is 1.45. The Morgan fingerprint density at radius 3 is 2.58 bits per heavy atom. The van der Waals surface area contributed by atoms with Gasteiger partial charge in [0.2, 0.25) is 5.91 Å². The summed E-state index contributed by atoms with van der Waals surface area (Å²) in [5.41, 5.74) is 1.17. The average Bonchev–Trinajstić information content (AvgIpc) is 2.93. The third-order valence-electron chi connectivity index (χ3n) is 4.47. The number of amides is 1. The molecule has 0 N–H and O–H groups in total. The normalized spacial score (nSPS) is 14.8. The van der Waals surface area contributed by atoms with E-state index in [0.29, 0.717) is 10.8 Å². The van der Waals surface area contributed by atoms with Gasteiger partial charge < -0.3 is 14.5 Å². The lowest BCUT2D eigenvalue weighted by Gasteiger charge is -2.24. The molecule has 0 radical (unpaired) electrons. The van der Waals surface area contributed by atoms with Crippen LogP contribution in [0.3, 0.4) is 0 Å². The second kappa shape index (κ2) is 9.19. The van der Waals surface area contributed by atoms with Crippen LogP contribution in [-0.4, -0.2) is 49.8 Å². The highest BCUT2D eigenvalue weighted by Crippen LogP contribution is 2.27. The van der Waals surface area contributed by atoms with Gasteiger partial charge in [-0.2, -0.15) is 0 Å². The zero-order valence-electron chi connectivity index (χ0n) is 14.9. The number of carbonyl (C=O) groups is 1. The SMILES string of the molecule is COc1ccc(N2CCCN(C(=O)CSc3ccccc3Cl)CC2)cc1. The highest BCUT2D eigenvalue weighted by atomic mass is 35.5. The van der Waals surface area contributed by atoms with Crippen molar-refractivity contribution in [2.75, 3.05) is 43.9 Å². The van der Waals surface area contributed by atoms with Crippen LogP contribution in [0.1, 0.15) is 6.42 Å². The smallest absolute Gasteiger partial charge is 0.232 e. The van der Waals surface area contributed by atoms with Gasteiger partial charge in [-0.15, -0.1) is 11.8 Å². The van der Waals surface area contributed by atoms with Gasteiger partial charge in [0.05, 0.1) is 17.9 Å². The lowest BCUT2D eigenvalue weighted by molar-refractivity contribution is -0.128. The Balaban J connectivity index is 1.54. The summed E-state index contributed by atoms with van der Waals surface area (Å²) < 4.78 is 5.22. The molecule has 138 valence electrons. The predicted molar refractivity (Wildman–Crippen MR) is 109 cm³/mol. The summed E-state index contributed by atoms with van der Waals surface area (Å²) in [7, 11) is 1.67. The molecule has 0 atom stereocenters. The molecule has 3 rings (SSSR count). The van der Waals surface area contributed by atoms with Crippen molar-refractivity contribution in [1.29, 1.82) is 0 Å². The molecule has 1 aliphatic rings. The molecule has 0 bridgehead atoms. The van der Waals surface area contributed by atoms with Crippen molar-refractivity contribution in [3.8, 4) is 5.75 Å². The number of ether oxygens (including phenoxy) is 1. The first-order valence-corrected chi connectivity index (χ1v) is 10.1. The minimum absolute atomic E-state index is 0.173. The molecule has 2 aromatic carbocycles. The molecule has 0 aromatic heterocycles. The predicted octanol–water partition coefficient (Wildman–Crippen LogP) is 4.18. The Labute approximate surface area is 164 Å². The number of hydrogen-bond donors (Lipinski definition) is 0. The molecule has 0 spiro atoms. The number of hydrogen-bond acceptors (Lipinski definition) is 4. The monoisotopic (exact) mass is 390 g/mol. The fraction of sp³-hybridized carbons (Fsp3) is 0.350. The first-order valence-electron chi connectivity index (χ1n) is 8.71. The van der Waals surface area contributed by atoms with Crippen molar-refractivity contribution in [3.63, 3.8) is 0 Å². The number of thioether (sulfide) groups is 1. The Bertz CT molecular complexity index is 739. The van der Waals surface area contributed by atoms with Gasteiger partial charge in [-0.05, 0) is 42.8 Å². The van der Waals surface area contributed by atoms with Gasteiger partial charge in [-0.1, -0.05) is 23.7 Å². The van der Waals surface area contributed by atoms with Gasteiger partial charge in [0.1, 0.15) is 5.75 Å². The molecule has 26 heavy (non-hydrogen) atoms. The Hall–Kier alpha value is -1.85. The number of halogens is 1. The Morgan fingerprint density at radius 1 is 1.08 bits per heavy atom. The van der Waals surface area contributed by atoms with Crippen molar-refractivity contribution >= 4 is 35.0 Å². The molecule has 6 heteroatoms. The quantitative estimate of drug-likeness (QED) is 0.717. The van der Waals surface area contributed by atoms with Gasteiger partial charge in [0.25, 0.3) is 0 Å². The summed E-state index contributed by atoms with van der Waals surface area (Å²) >= 11 is 7.67. The zero-order valence-corrected chi connectivity index (χ0v) is 16.4. The molecular weight excluding hydrogens is 368 g/mol. The molecule has 1 amide bonds. The highest BCUT2D eigenvalue weighted by Gasteiger charge is 2.19. The molecule has 0 aliphatic carbocycles. The number of nitrogens with zero attached hydrogens (tertiary/aromatic N) is 2. The number of rotatable bonds is 5. The molecule has 2 aromatic rings. The summed E-state index contributed by atoms with van der Waals surface area (Å²) in [5, 5.41) is 0.701. The third-order valence-corrected chi connectivity index (χ3v) is 5.97. The summed E-state index contributed by atoms with van der Waals surface area (Å²) in [6, 6.07) is 15.7. The van der Waals surface area contributed by atoms with Crippen molar-refractivity contribution < 1.29 is 9.53 Å². The largest absolute Gasteiger partial charge is 0.497 e. The van der Waals surface area contributed by atoms with Crippen molar-refractivity contribution in [2.24, 2.45) is 0 Å². The lowest BCUT2D eigenvalue weighted by Crippen LogP contribution is -2.36. The Morgan fingerprint density at radius 2 is 1.85 bits per heavy atom. The standard InChI is InChI=1S/C20H23ClN2O2S/c1-25-17-9-7-16(8-10-17)22-11-4-12-23(14-13-22)20(24)15-26-19-6-3-2-5-18(19)21/h2-3,5-10H,4,11-15H2,1H3. The van der Waals surface area contributed by atoms with Crippen molar-refractivity contribution in [2.45, 2.75) is 11.3 Å². The second-order valence-electron chi connectivity index (χ2n) is 6.14. The van der Waals surface area contributed by atoms with E-state index >= 15 is 0 Å². The van der Waals surface area contributed by atoms with Crippen LogP contribution in [-0.2, 0) is 4.79 Å². The topological polar surface area (TPSA) is 32.8 Å². The van der Waals surface area contributed by atoms with Crippen LogP contribution < -0.4 is 9.64 Å². The molecule has 0 saturated carbocycles. The van der Waals surface area contributed by atoms with E-state index in [1.165, 1.54) is 17.4 Å². The van der Waals surface area contributed by atoms with Crippen LogP contribution in [0.25, 0.3) is 0 Å². The second-order valence-corrected chi connectivity index (χ2v) is 7.56. The van der Waals surface area contributed by atoms with Gasteiger partial charge in [0, 0.05) is 36.8 Å². The highest BCUT2D eigenvalue weighted by molar-refractivity contribution is 8.00. The number of benzene rings is 2. The maximum Gasteiger partial charge on any atom is 0.232 e. The van der Waals surface area contributed by atoms with E-state index in [2.05, 4.69) is 17.0 Å². The van der Waals surface area contributed by atoms with Gasteiger partial charge in [-0.3, -0.25) is 4.79 Å². The van der Waals surface area contributed by atoms with Crippen LogP contribution in [0.2, 0.25) is 5.02 Å². The molecular formula is C20H23ClN2O2S. The molecule has 4 nitrogen and oxygen atoms in total. The third kappa shape index (κ3) is 4.86. The zero-order chi connectivity index (χ0) is 18.4.